The summed E-state index contributed by atoms with van der Waals surface area (Å²) >= 11 is 0. The minimum Gasteiger partial charge on any atom is -0.380 e. The summed E-state index contributed by atoms with van der Waals surface area (Å²) in [5, 5.41) is 8.61. The van der Waals surface area contributed by atoms with Gasteiger partial charge in [0.25, 0.3) is 11.5 Å². The van der Waals surface area contributed by atoms with Gasteiger partial charge < -0.3 is 10.1 Å². The van der Waals surface area contributed by atoms with E-state index in [1.165, 1.54) is 12.1 Å². The molecule has 1 amide bonds. The molecular weight excluding hydrogens is 258 g/mol. The van der Waals surface area contributed by atoms with E-state index in [0.717, 1.165) is 11.1 Å². The number of methoxy groups -OCH3 is 1. The second-order valence-corrected chi connectivity index (χ2v) is 4.24. The van der Waals surface area contributed by atoms with E-state index in [9.17, 15) is 9.59 Å². The Kier molecular flexibility index (Phi) is 4.62. The summed E-state index contributed by atoms with van der Waals surface area (Å²) in [5.41, 5.74) is 1.89. The lowest BCUT2D eigenvalue weighted by Crippen LogP contribution is -2.25. The highest BCUT2D eigenvalue weighted by Crippen LogP contribution is 2.05. The summed E-state index contributed by atoms with van der Waals surface area (Å²) in [7, 11) is 1.64. The van der Waals surface area contributed by atoms with Gasteiger partial charge >= 0.3 is 0 Å². The summed E-state index contributed by atoms with van der Waals surface area (Å²) < 4.78 is 5.03. The van der Waals surface area contributed by atoms with E-state index in [4.69, 9.17) is 4.74 Å². The van der Waals surface area contributed by atoms with Crippen molar-refractivity contribution < 1.29 is 9.53 Å². The summed E-state index contributed by atoms with van der Waals surface area (Å²) in [6, 6.07) is 10.4. The van der Waals surface area contributed by atoms with Crippen LogP contribution in [-0.4, -0.2) is 23.2 Å². The number of hydrogen-bond donors (Lipinski definition) is 2. The van der Waals surface area contributed by atoms with Crippen molar-refractivity contribution in [2.45, 2.75) is 13.2 Å². The standard InChI is InChI=1S/C14H15N3O3/c1-20-9-11-4-2-10(3-5-11)8-15-14(19)12-6-7-13(18)17-16-12/h2-7H,8-9H2,1H3,(H,15,19)(H,17,18). The Morgan fingerprint density at radius 2 is 1.90 bits per heavy atom. The molecule has 6 nitrogen and oxygen atoms in total. The fraction of sp³-hybridized carbons (Fsp3) is 0.214. The maximum atomic E-state index is 11.8. The van der Waals surface area contributed by atoms with Gasteiger partial charge in [0.05, 0.1) is 6.61 Å². The molecule has 0 radical (unpaired) electrons. The Hall–Kier alpha value is -2.47. The minimum absolute atomic E-state index is 0.181. The molecule has 0 saturated heterocycles. The molecule has 104 valence electrons. The normalized spacial score (nSPS) is 10.2. The molecule has 0 spiro atoms. The number of nitrogens with zero attached hydrogens (tertiary/aromatic N) is 1. The Labute approximate surface area is 115 Å². The fourth-order valence-corrected chi connectivity index (χ4v) is 1.66. The smallest absolute Gasteiger partial charge is 0.271 e. The molecule has 1 aromatic heterocycles. The molecule has 2 N–H and O–H groups in total. The van der Waals surface area contributed by atoms with Crippen molar-refractivity contribution in [1.29, 1.82) is 0 Å². The first kappa shape index (κ1) is 14.0. The molecule has 0 fully saturated rings. The van der Waals surface area contributed by atoms with Crippen molar-refractivity contribution in [1.82, 2.24) is 15.5 Å². The van der Waals surface area contributed by atoms with Crippen molar-refractivity contribution in [2.24, 2.45) is 0 Å². The van der Waals surface area contributed by atoms with Gasteiger partial charge in [-0.05, 0) is 17.2 Å². The van der Waals surface area contributed by atoms with Crippen molar-refractivity contribution >= 4 is 5.91 Å². The summed E-state index contributed by atoms with van der Waals surface area (Å²) in [6.45, 7) is 0.959. The lowest BCUT2D eigenvalue weighted by atomic mass is 10.1. The molecule has 20 heavy (non-hydrogen) atoms. The first-order valence-corrected chi connectivity index (χ1v) is 6.10. The number of ether oxygens (including phenoxy) is 1. The largest absolute Gasteiger partial charge is 0.380 e. The van der Waals surface area contributed by atoms with Crippen LogP contribution in [-0.2, 0) is 17.9 Å². The zero-order valence-electron chi connectivity index (χ0n) is 11.1. The number of amides is 1. The van der Waals surface area contributed by atoms with Gasteiger partial charge in [-0.1, -0.05) is 24.3 Å². The van der Waals surface area contributed by atoms with Crippen LogP contribution in [0.3, 0.4) is 0 Å². The quantitative estimate of drug-likeness (QED) is 0.845. The zero-order valence-corrected chi connectivity index (χ0v) is 11.1. The van der Waals surface area contributed by atoms with Crippen LogP contribution in [0.15, 0.2) is 41.2 Å². The molecule has 0 aliphatic rings. The van der Waals surface area contributed by atoms with E-state index in [1.54, 1.807) is 7.11 Å². The Balaban J connectivity index is 1.92. The van der Waals surface area contributed by atoms with Gasteiger partial charge in [-0.2, -0.15) is 5.10 Å². The Morgan fingerprint density at radius 3 is 2.50 bits per heavy atom. The number of aromatic nitrogens is 2. The SMILES string of the molecule is COCc1ccc(CNC(=O)c2ccc(=O)[nH]n2)cc1. The predicted molar refractivity (Wildman–Crippen MR) is 73.2 cm³/mol. The van der Waals surface area contributed by atoms with Crippen molar-refractivity contribution in [3.05, 3.63) is 63.6 Å². The van der Waals surface area contributed by atoms with Gasteiger partial charge in [-0.15, -0.1) is 0 Å². The average molecular weight is 273 g/mol. The number of carbonyl (C=O) groups is 1. The van der Waals surface area contributed by atoms with E-state index < -0.39 is 0 Å². The van der Waals surface area contributed by atoms with Gasteiger partial charge in [0.1, 0.15) is 5.69 Å². The molecule has 6 heteroatoms. The summed E-state index contributed by atoms with van der Waals surface area (Å²) in [4.78, 5) is 22.6. The number of rotatable bonds is 5. The van der Waals surface area contributed by atoms with Crippen LogP contribution in [0, 0.1) is 0 Å². The van der Waals surface area contributed by atoms with Crippen LogP contribution >= 0.6 is 0 Å². The molecule has 2 rings (SSSR count). The zero-order chi connectivity index (χ0) is 14.4. The van der Waals surface area contributed by atoms with E-state index in [0.29, 0.717) is 13.2 Å². The number of hydrogen-bond acceptors (Lipinski definition) is 4. The summed E-state index contributed by atoms with van der Waals surface area (Å²) in [5.74, 6) is -0.331. The van der Waals surface area contributed by atoms with Crippen molar-refractivity contribution in [3.63, 3.8) is 0 Å². The van der Waals surface area contributed by atoms with Crippen LogP contribution in [0.4, 0.5) is 0 Å². The third-order valence-electron chi connectivity index (χ3n) is 2.70. The highest BCUT2D eigenvalue weighted by Gasteiger charge is 2.06. The molecule has 0 aliphatic carbocycles. The van der Waals surface area contributed by atoms with E-state index >= 15 is 0 Å². The van der Waals surface area contributed by atoms with E-state index in [1.807, 2.05) is 24.3 Å². The Bertz CT molecular complexity index is 614. The Morgan fingerprint density at radius 1 is 1.20 bits per heavy atom. The molecule has 0 atom stereocenters. The third kappa shape index (κ3) is 3.76. The number of carbonyl (C=O) groups excluding carboxylic acids is 1. The van der Waals surface area contributed by atoms with Crippen molar-refractivity contribution in [2.75, 3.05) is 7.11 Å². The molecule has 2 aromatic rings. The highest BCUT2D eigenvalue weighted by molar-refractivity contribution is 5.91. The van der Waals surface area contributed by atoms with Crippen LogP contribution < -0.4 is 10.9 Å². The fourth-order valence-electron chi connectivity index (χ4n) is 1.66. The lowest BCUT2D eigenvalue weighted by molar-refractivity contribution is 0.0945. The van der Waals surface area contributed by atoms with Gasteiger partial charge in [0.15, 0.2) is 0 Å². The number of nitrogens with one attached hydrogen (secondary N) is 2. The van der Waals surface area contributed by atoms with Gasteiger partial charge in [0, 0.05) is 19.7 Å². The third-order valence-corrected chi connectivity index (χ3v) is 2.70. The first-order chi connectivity index (χ1) is 9.69. The summed E-state index contributed by atoms with van der Waals surface area (Å²) in [6.07, 6.45) is 0. The second kappa shape index (κ2) is 6.63. The molecular formula is C14H15N3O3. The molecule has 1 aromatic carbocycles. The number of H-pyrrole nitrogens is 1. The van der Waals surface area contributed by atoms with Gasteiger partial charge in [0.2, 0.25) is 0 Å². The monoisotopic (exact) mass is 273 g/mol. The van der Waals surface area contributed by atoms with Crippen LogP contribution in [0.5, 0.6) is 0 Å². The second-order valence-electron chi connectivity index (χ2n) is 4.24. The molecule has 0 unspecified atom stereocenters. The average Bonchev–Trinajstić information content (AvgIpc) is 2.47. The molecule has 0 saturated carbocycles. The van der Waals surface area contributed by atoms with E-state index in [2.05, 4.69) is 15.5 Å². The minimum atomic E-state index is -0.338. The highest BCUT2D eigenvalue weighted by atomic mass is 16.5. The van der Waals surface area contributed by atoms with E-state index in [-0.39, 0.29) is 17.2 Å². The van der Waals surface area contributed by atoms with Gasteiger partial charge in [-0.3, -0.25) is 9.59 Å². The lowest BCUT2D eigenvalue weighted by Gasteiger charge is -2.05. The maximum Gasteiger partial charge on any atom is 0.271 e. The predicted octanol–water partition coefficient (Wildman–Crippen LogP) is 0.846. The van der Waals surface area contributed by atoms with Crippen LogP contribution in [0.25, 0.3) is 0 Å². The number of aromatic amines is 1. The number of benzene rings is 1. The molecule has 0 bridgehead atoms. The van der Waals surface area contributed by atoms with Crippen LogP contribution in [0.2, 0.25) is 0 Å². The van der Waals surface area contributed by atoms with Crippen molar-refractivity contribution in [3.8, 4) is 0 Å². The topological polar surface area (TPSA) is 84.1 Å². The van der Waals surface area contributed by atoms with Crippen LogP contribution in [0.1, 0.15) is 21.6 Å². The first-order valence-electron chi connectivity index (χ1n) is 6.10. The van der Waals surface area contributed by atoms with Gasteiger partial charge in [-0.25, -0.2) is 5.10 Å². The molecule has 0 aliphatic heterocycles. The molecule has 1 heterocycles. The maximum absolute atomic E-state index is 11.8.